The molecule has 0 saturated carbocycles. The first kappa shape index (κ1) is 13.4. The van der Waals surface area contributed by atoms with Crippen molar-refractivity contribution in [1.82, 2.24) is 9.88 Å². The number of anilines is 1. The minimum absolute atomic E-state index is 0.0567. The molecular weight excluding hydrogens is 220 g/mol. The lowest BCUT2D eigenvalue weighted by molar-refractivity contribution is -0.385. The average molecular weight is 238 g/mol. The monoisotopic (exact) mass is 238 g/mol. The van der Waals surface area contributed by atoms with Gasteiger partial charge in [-0.15, -0.1) is 0 Å². The molecule has 1 heterocycles. The highest BCUT2D eigenvalue weighted by atomic mass is 16.6. The predicted molar refractivity (Wildman–Crippen MR) is 67.3 cm³/mol. The average Bonchev–Trinajstić information content (AvgIpc) is 2.28. The van der Waals surface area contributed by atoms with Gasteiger partial charge in [-0.05, 0) is 26.6 Å². The van der Waals surface area contributed by atoms with Gasteiger partial charge in [0.1, 0.15) is 12.0 Å². The van der Waals surface area contributed by atoms with Crippen molar-refractivity contribution in [3.8, 4) is 0 Å². The molecule has 0 fully saturated rings. The molecule has 17 heavy (non-hydrogen) atoms. The summed E-state index contributed by atoms with van der Waals surface area (Å²) in [6, 6.07) is 1.70. The zero-order chi connectivity index (χ0) is 12.8. The molecule has 0 aromatic carbocycles. The van der Waals surface area contributed by atoms with Gasteiger partial charge in [-0.25, -0.2) is 4.98 Å². The zero-order valence-corrected chi connectivity index (χ0v) is 10.4. The van der Waals surface area contributed by atoms with E-state index in [1.54, 1.807) is 13.0 Å². The first-order valence-electron chi connectivity index (χ1n) is 5.58. The third kappa shape index (κ3) is 3.99. The van der Waals surface area contributed by atoms with Crippen LogP contribution in [0.2, 0.25) is 0 Å². The van der Waals surface area contributed by atoms with Crippen LogP contribution in [0.15, 0.2) is 12.3 Å². The lowest BCUT2D eigenvalue weighted by Gasteiger charge is -2.14. The molecule has 1 aromatic heterocycles. The number of nitro groups is 1. The molecule has 0 aliphatic rings. The Morgan fingerprint density at radius 2 is 2.29 bits per heavy atom. The van der Waals surface area contributed by atoms with E-state index in [1.807, 2.05) is 7.05 Å². The Morgan fingerprint density at radius 1 is 1.59 bits per heavy atom. The molecule has 0 aliphatic heterocycles. The van der Waals surface area contributed by atoms with Gasteiger partial charge in [0, 0.05) is 18.7 Å². The standard InChI is InChI=1S/C11H18N4O2/c1-4-14(3)6-5-12-11-7-9(2)10(8-13-11)15(16)17/h7-8H,4-6H2,1-3H3,(H,12,13). The molecule has 0 saturated heterocycles. The summed E-state index contributed by atoms with van der Waals surface area (Å²) in [4.78, 5) is 16.4. The summed E-state index contributed by atoms with van der Waals surface area (Å²) in [6.45, 7) is 6.48. The minimum Gasteiger partial charge on any atom is -0.369 e. The third-order valence-corrected chi connectivity index (χ3v) is 2.62. The van der Waals surface area contributed by atoms with E-state index in [2.05, 4.69) is 22.1 Å². The van der Waals surface area contributed by atoms with E-state index in [9.17, 15) is 10.1 Å². The minimum atomic E-state index is -0.420. The molecule has 0 aliphatic carbocycles. The largest absolute Gasteiger partial charge is 0.369 e. The number of nitrogens with one attached hydrogen (secondary N) is 1. The second kappa shape index (κ2) is 6.15. The fraction of sp³-hybridized carbons (Fsp3) is 0.545. The number of hydrogen-bond acceptors (Lipinski definition) is 5. The quantitative estimate of drug-likeness (QED) is 0.603. The number of nitrogens with zero attached hydrogens (tertiary/aromatic N) is 3. The topological polar surface area (TPSA) is 71.3 Å². The van der Waals surface area contributed by atoms with E-state index >= 15 is 0 Å². The normalized spacial score (nSPS) is 10.6. The maximum Gasteiger partial charge on any atom is 0.290 e. The van der Waals surface area contributed by atoms with Crippen molar-refractivity contribution in [3.63, 3.8) is 0 Å². The van der Waals surface area contributed by atoms with E-state index < -0.39 is 4.92 Å². The summed E-state index contributed by atoms with van der Waals surface area (Å²) < 4.78 is 0. The SMILES string of the molecule is CCN(C)CCNc1cc(C)c([N+](=O)[O-])cn1. The Kier molecular flexibility index (Phi) is 4.84. The lowest BCUT2D eigenvalue weighted by atomic mass is 10.2. The molecule has 0 radical (unpaired) electrons. The third-order valence-electron chi connectivity index (χ3n) is 2.62. The molecule has 94 valence electrons. The van der Waals surface area contributed by atoms with Crippen molar-refractivity contribution in [2.24, 2.45) is 0 Å². The van der Waals surface area contributed by atoms with Gasteiger partial charge in [-0.2, -0.15) is 0 Å². The molecule has 0 spiro atoms. The van der Waals surface area contributed by atoms with Gasteiger partial charge in [0.15, 0.2) is 0 Å². The summed E-state index contributed by atoms with van der Waals surface area (Å²) in [5, 5.41) is 13.8. The highest BCUT2D eigenvalue weighted by Crippen LogP contribution is 2.18. The van der Waals surface area contributed by atoms with Crippen LogP contribution in [0.4, 0.5) is 11.5 Å². The fourth-order valence-corrected chi connectivity index (χ4v) is 1.37. The van der Waals surface area contributed by atoms with Gasteiger partial charge in [-0.1, -0.05) is 6.92 Å². The van der Waals surface area contributed by atoms with Gasteiger partial charge in [0.25, 0.3) is 5.69 Å². The van der Waals surface area contributed by atoms with Gasteiger partial charge in [0.2, 0.25) is 0 Å². The molecule has 1 rings (SSSR count). The molecular formula is C11H18N4O2. The van der Waals surface area contributed by atoms with E-state index in [-0.39, 0.29) is 5.69 Å². The molecule has 1 aromatic rings. The lowest BCUT2D eigenvalue weighted by Crippen LogP contribution is -2.24. The van der Waals surface area contributed by atoms with Crippen molar-refractivity contribution in [2.75, 3.05) is 32.0 Å². The number of hydrogen-bond donors (Lipinski definition) is 1. The summed E-state index contributed by atoms with van der Waals surface area (Å²) in [7, 11) is 2.04. The van der Waals surface area contributed by atoms with Crippen LogP contribution in [0.1, 0.15) is 12.5 Å². The number of likely N-dealkylation sites (N-methyl/N-ethyl adjacent to an activating group) is 1. The van der Waals surface area contributed by atoms with Crippen LogP contribution in [0.25, 0.3) is 0 Å². The van der Waals surface area contributed by atoms with Crippen molar-refractivity contribution in [1.29, 1.82) is 0 Å². The van der Waals surface area contributed by atoms with Gasteiger partial charge in [-0.3, -0.25) is 10.1 Å². The van der Waals surface area contributed by atoms with Crippen molar-refractivity contribution >= 4 is 11.5 Å². The number of rotatable bonds is 6. The Balaban J connectivity index is 2.56. The van der Waals surface area contributed by atoms with Crippen LogP contribution in [0.3, 0.4) is 0 Å². The number of aryl methyl sites for hydroxylation is 1. The van der Waals surface area contributed by atoms with E-state index in [0.29, 0.717) is 11.4 Å². The summed E-state index contributed by atoms with van der Waals surface area (Å²) in [5.74, 6) is 0.678. The second-order valence-electron chi connectivity index (χ2n) is 3.94. The molecule has 1 N–H and O–H groups in total. The maximum atomic E-state index is 10.6. The van der Waals surface area contributed by atoms with Crippen molar-refractivity contribution in [2.45, 2.75) is 13.8 Å². The van der Waals surface area contributed by atoms with Crippen LogP contribution in [0, 0.1) is 17.0 Å². The Labute approximate surface area is 101 Å². The summed E-state index contributed by atoms with van der Waals surface area (Å²) >= 11 is 0. The molecule has 0 bridgehead atoms. The van der Waals surface area contributed by atoms with Crippen molar-refractivity contribution < 1.29 is 4.92 Å². The first-order chi connectivity index (χ1) is 8.04. The highest BCUT2D eigenvalue weighted by molar-refractivity contribution is 5.46. The zero-order valence-electron chi connectivity index (χ0n) is 10.4. The van der Waals surface area contributed by atoms with E-state index in [0.717, 1.165) is 19.6 Å². The Bertz CT molecular complexity index is 395. The maximum absolute atomic E-state index is 10.6. The molecule has 0 unspecified atom stereocenters. The second-order valence-corrected chi connectivity index (χ2v) is 3.94. The summed E-state index contributed by atoms with van der Waals surface area (Å²) in [6.07, 6.45) is 1.29. The molecule has 6 nitrogen and oxygen atoms in total. The smallest absolute Gasteiger partial charge is 0.290 e. The van der Waals surface area contributed by atoms with E-state index in [1.165, 1.54) is 6.20 Å². The summed E-state index contributed by atoms with van der Waals surface area (Å²) in [5.41, 5.74) is 0.678. The van der Waals surface area contributed by atoms with Crippen LogP contribution >= 0.6 is 0 Å². The molecule has 0 atom stereocenters. The van der Waals surface area contributed by atoms with E-state index in [4.69, 9.17) is 0 Å². The number of aromatic nitrogens is 1. The van der Waals surface area contributed by atoms with Crippen LogP contribution < -0.4 is 5.32 Å². The van der Waals surface area contributed by atoms with Gasteiger partial charge < -0.3 is 10.2 Å². The molecule has 0 amide bonds. The first-order valence-corrected chi connectivity index (χ1v) is 5.58. The van der Waals surface area contributed by atoms with Gasteiger partial charge in [0.05, 0.1) is 4.92 Å². The predicted octanol–water partition coefficient (Wildman–Crippen LogP) is 1.66. The van der Waals surface area contributed by atoms with Crippen molar-refractivity contribution in [3.05, 3.63) is 27.9 Å². The van der Waals surface area contributed by atoms with Crippen LogP contribution in [-0.4, -0.2) is 41.5 Å². The molecule has 6 heteroatoms. The van der Waals surface area contributed by atoms with Gasteiger partial charge >= 0.3 is 0 Å². The number of pyridine rings is 1. The Hall–Kier alpha value is -1.69. The van der Waals surface area contributed by atoms with Crippen LogP contribution in [-0.2, 0) is 0 Å². The van der Waals surface area contributed by atoms with Crippen LogP contribution in [0.5, 0.6) is 0 Å². The fourth-order valence-electron chi connectivity index (χ4n) is 1.37. The Morgan fingerprint density at radius 3 is 2.82 bits per heavy atom. The highest BCUT2D eigenvalue weighted by Gasteiger charge is 2.10.